The van der Waals surface area contributed by atoms with Gasteiger partial charge in [0.1, 0.15) is 0 Å². The molecule has 92 valence electrons. The first-order valence-corrected chi connectivity index (χ1v) is 7.08. The van der Waals surface area contributed by atoms with Crippen LogP contribution >= 0.6 is 11.6 Å². The lowest BCUT2D eigenvalue weighted by Crippen LogP contribution is -2.50. The van der Waals surface area contributed by atoms with E-state index in [0.717, 1.165) is 19.3 Å². The molecule has 2 atom stereocenters. The fourth-order valence-corrected chi connectivity index (χ4v) is 3.57. The van der Waals surface area contributed by atoms with Crippen molar-refractivity contribution >= 4 is 17.5 Å². The molecule has 0 aromatic rings. The van der Waals surface area contributed by atoms with Crippen LogP contribution in [0.4, 0.5) is 0 Å². The Morgan fingerprint density at radius 3 is 2.50 bits per heavy atom. The lowest BCUT2D eigenvalue weighted by Gasteiger charge is -2.30. The molecule has 0 spiro atoms. The van der Waals surface area contributed by atoms with Crippen LogP contribution in [0, 0.1) is 11.8 Å². The standard InChI is InChI=1S/C13H22ClNO/c1-10-5-4-6-11(10)12(16)15-13(9-14)7-2-3-8-13/h10-11H,2-9H2,1H3,(H,15,16). The van der Waals surface area contributed by atoms with Gasteiger partial charge in [-0.25, -0.2) is 0 Å². The molecule has 2 nitrogen and oxygen atoms in total. The Morgan fingerprint density at radius 1 is 1.31 bits per heavy atom. The molecule has 3 heteroatoms. The molecule has 2 fully saturated rings. The molecule has 1 N–H and O–H groups in total. The van der Waals surface area contributed by atoms with E-state index in [1.165, 1.54) is 25.7 Å². The molecular formula is C13H22ClNO. The van der Waals surface area contributed by atoms with Gasteiger partial charge in [-0.2, -0.15) is 0 Å². The van der Waals surface area contributed by atoms with Gasteiger partial charge >= 0.3 is 0 Å². The Bertz CT molecular complexity index is 261. The first kappa shape index (κ1) is 12.2. The van der Waals surface area contributed by atoms with Crippen molar-refractivity contribution in [1.29, 1.82) is 0 Å². The summed E-state index contributed by atoms with van der Waals surface area (Å²) in [5.41, 5.74) is -0.0824. The Labute approximate surface area is 103 Å². The van der Waals surface area contributed by atoms with Crippen LogP contribution in [0.1, 0.15) is 51.9 Å². The van der Waals surface area contributed by atoms with Crippen molar-refractivity contribution in [3.8, 4) is 0 Å². The molecule has 2 aliphatic rings. The molecule has 0 aromatic carbocycles. The monoisotopic (exact) mass is 243 g/mol. The minimum absolute atomic E-state index is 0.0824. The summed E-state index contributed by atoms with van der Waals surface area (Å²) in [5.74, 6) is 1.61. The predicted molar refractivity (Wildman–Crippen MR) is 66.6 cm³/mol. The topological polar surface area (TPSA) is 29.1 Å². The van der Waals surface area contributed by atoms with Crippen LogP contribution < -0.4 is 5.32 Å². The van der Waals surface area contributed by atoms with Gasteiger partial charge in [0.2, 0.25) is 5.91 Å². The summed E-state index contributed by atoms with van der Waals surface area (Å²) in [4.78, 5) is 12.2. The number of rotatable bonds is 3. The maximum Gasteiger partial charge on any atom is 0.223 e. The summed E-state index contributed by atoms with van der Waals surface area (Å²) in [6, 6.07) is 0. The lowest BCUT2D eigenvalue weighted by atomic mass is 9.94. The SMILES string of the molecule is CC1CCCC1C(=O)NC1(CCl)CCCC1. The van der Waals surface area contributed by atoms with Gasteiger partial charge in [0.15, 0.2) is 0 Å². The fourth-order valence-electron chi connectivity index (χ4n) is 3.23. The molecule has 2 rings (SSSR count). The predicted octanol–water partition coefficient (Wildman–Crippen LogP) is 3.09. The van der Waals surface area contributed by atoms with Gasteiger partial charge in [-0.3, -0.25) is 4.79 Å². The van der Waals surface area contributed by atoms with Crippen molar-refractivity contribution in [2.45, 2.75) is 57.4 Å². The zero-order valence-corrected chi connectivity index (χ0v) is 10.9. The molecule has 0 heterocycles. The van der Waals surface area contributed by atoms with Crippen LogP contribution in [0.3, 0.4) is 0 Å². The molecule has 0 radical (unpaired) electrons. The Kier molecular flexibility index (Phi) is 3.78. The van der Waals surface area contributed by atoms with Gasteiger partial charge in [-0.1, -0.05) is 26.2 Å². The summed E-state index contributed by atoms with van der Waals surface area (Å²) < 4.78 is 0. The Morgan fingerprint density at radius 2 is 2.00 bits per heavy atom. The molecule has 0 bridgehead atoms. The largest absolute Gasteiger partial charge is 0.349 e. The van der Waals surface area contributed by atoms with E-state index in [1.54, 1.807) is 0 Å². The third-order valence-corrected chi connectivity index (χ3v) is 4.91. The van der Waals surface area contributed by atoms with E-state index >= 15 is 0 Å². The van der Waals surface area contributed by atoms with E-state index in [-0.39, 0.29) is 17.4 Å². The average molecular weight is 244 g/mol. The van der Waals surface area contributed by atoms with E-state index in [1.807, 2.05) is 0 Å². The van der Waals surface area contributed by atoms with E-state index in [4.69, 9.17) is 11.6 Å². The minimum atomic E-state index is -0.0824. The second-order valence-electron chi connectivity index (χ2n) is 5.62. The van der Waals surface area contributed by atoms with Crippen LogP contribution in [0.15, 0.2) is 0 Å². The zero-order valence-electron chi connectivity index (χ0n) is 10.1. The molecule has 1 amide bonds. The number of carbonyl (C=O) groups excluding carboxylic acids is 1. The first-order valence-electron chi connectivity index (χ1n) is 6.55. The minimum Gasteiger partial charge on any atom is -0.349 e. The molecule has 2 aliphatic carbocycles. The van der Waals surface area contributed by atoms with Gasteiger partial charge in [-0.15, -0.1) is 11.6 Å². The van der Waals surface area contributed by atoms with Crippen LogP contribution in [0.25, 0.3) is 0 Å². The lowest BCUT2D eigenvalue weighted by molar-refractivity contribution is -0.127. The van der Waals surface area contributed by atoms with Crippen molar-refractivity contribution in [2.24, 2.45) is 11.8 Å². The normalized spacial score (nSPS) is 32.9. The summed E-state index contributed by atoms with van der Waals surface area (Å²) in [6.45, 7) is 2.19. The number of carbonyl (C=O) groups is 1. The van der Waals surface area contributed by atoms with Gasteiger partial charge in [0.05, 0.1) is 5.54 Å². The quantitative estimate of drug-likeness (QED) is 0.759. The maximum atomic E-state index is 12.2. The third-order valence-electron chi connectivity index (χ3n) is 4.40. The maximum absolute atomic E-state index is 12.2. The van der Waals surface area contributed by atoms with Crippen molar-refractivity contribution in [3.05, 3.63) is 0 Å². The second-order valence-corrected chi connectivity index (χ2v) is 5.89. The Hall–Kier alpha value is -0.240. The highest BCUT2D eigenvalue weighted by Crippen LogP contribution is 2.34. The fraction of sp³-hybridized carbons (Fsp3) is 0.923. The van der Waals surface area contributed by atoms with Crippen LogP contribution in [0.2, 0.25) is 0 Å². The van der Waals surface area contributed by atoms with Crippen LogP contribution in [-0.4, -0.2) is 17.3 Å². The highest BCUT2D eigenvalue weighted by molar-refractivity contribution is 6.18. The smallest absolute Gasteiger partial charge is 0.223 e. The first-order chi connectivity index (χ1) is 7.67. The number of nitrogens with one attached hydrogen (secondary N) is 1. The molecule has 16 heavy (non-hydrogen) atoms. The highest BCUT2D eigenvalue weighted by Gasteiger charge is 2.38. The van der Waals surface area contributed by atoms with E-state index in [2.05, 4.69) is 12.2 Å². The number of halogens is 1. The van der Waals surface area contributed by atoms with Crippen molar-refractivity contribution < 1.29 is 4.79 Å². The number of alkyl halides is 1. The summed E-state index contributed by atoms with van der Waals surface area (Å²) in [7, 11) is 0. The molecule has 2 saturated carbocycles. The zero-order chi connectivity index (χ0) is 11.6. The van der Waals surface area contributed by atoms with Crippen LogP contribution in [0.5, 0.6) is 0 Å². The number of hydrogen-bond acceptors (Lipinski definition) is 1. The van der Waals surface area contributed by atoms with Crippen molar-refractivity contribution in [2.75, 3.05) is 5.88 Å². The number of hydrogen-bond donors (Lipinski definition) is 1. The molecule has 0 aliphatic heterocycles. The second kappa shape index (κ2) is 4.95. The van der Waals surface area contributed by atoms with Gasteiger partial charge in [-0.05, 0) is 31.6 Å². The molecule has 0 aromatic heterocycles. The van der Waals surface area contributed by atoms with Gasteiger partial charge in [0.25, 0.3) is 0 Å². The molecular weight excluding hydrogens is 222 g/mol. The van der Waals surface area contributed by atoms with Gasteiger partial charge in [0, 0.05) is 11.8 Å². The van der Waals surface area contributed by atoms with Crippen molar-refractivity contribution in [3.63, 3.8) is 0 Å². The molecule has 2 unspecified atom stereocenters. The summed E-state index contributed by atoms with van der Waals surface area (Å²) in [5, 5.41) is 3.24. The summed E-state index contributed by atoms with van der Waals surface area (Å²) >= 11 is 6.04. The average Bonchev–Trinajstić information content (AvgIpc) is 2.87. The van der Waals surface area contributed by atoms with E-state index in [9.17, 15) is 4.79 Å². The van der Waals surface area contributed by atoms with E-state index in [0.29, 0.717) is 11.8 Å². The number of amides is 1. The molecule has 0 saturated heterocycles. The van der Waals surface area contributed by atoms with Crippen molar-refractivity contribution in [1.82, 2.24) is 5.32 Å². The van der Waals surface area contributed by atoms with Crippen LogP contribution in [-0.2, 0) is 4.79 Å². The summed E-state index contributed by atoms with van der Waals surface area (Å²) in [6.07, 6.45) is 7.98. The Balaban J connectivity index is 1.95. The third kappa shape index (κ3) is 2.37. The van der Waals surface area contributed by atoms with E-state index < -0.39 is 0 Å². The highest BCUT2D eigenvalue weighted by atomic mass is 35.5. The van der Waals surface area contributed by atoms with Gasteiger partial charge < -0.3 is 5.32 Å².